The molecule has 88 valence electrons. The van der Waals surface area contributed by atoms with Gasteiger partial charge in [0.25, 0.3) is 0 Å². The molecule has 1 atom stereocenters. The van der Waals surface area contributed by atoms with E-state index in [4.69, 9.17) is 0 Å². The van der Waals surface area contributed by atoms with Crippen molar-refractivity contribution < 1.29 is 10.2 Å². The van der Waals surface area contributed by atoms with E-state index in [1.807, 2.05) is 25.1 Å². The fourth-order valence-electron chi connectivity index (χ4n) is 1.69. The molecule has 2 aromatic rings. The average molecular weight is 229 g/mol. The highest BCUT2D eigenvalue weighted by Gasteiger charge is 2.05. The lowest BCUT2D eigenvalue weighted by molar-refractivity contribution is 0.475. The van der Waals surface area contributed by atoms with Crippen molar-refractivity contribution in [3.05, 3.63) is 54.1 Å². The Kier molecular flexibility index (Phi) is 3.19. The topological polar surface area (TPSA) is 52.5 Å². The summed E-state index contributed by atoms with van der Waals surface area (Å²) in [5.74, 6) is 0.506. The second-order valence-electron chi connectivity index (χ2n) is 4.01. The van der Waals surface area contributed by atoms with Gasteiger partial charge < -0.3 is 15.5 Å². The van der Waals surface area contributed by atoms with Crippen LogP contribution in [0.15, 0.2) is 48.5 Å². The molecule has 2 aromatic carbocycles. The molecule has 0 aliphatic rings. The number of aromatic hydroxyl groups is 2. The lowest BCUT2D eigenvalue weighted by Crippen LogP contribution is -2.05. The summed E-state index contributed by atoms with van der Waals surface area (Å²) >= 11 is 0. The molecule has 3 nitrogen and oxygen atoms in total. The molecule has 3 heteroatoms. The highest BCUT2D eigenvalue weighted by atomic mass is 16.3. The van der Waals surface area contributed by atoms with Gasteiger partial charge in [-0.1, -0.05) is 18.2 Å². The molecular weight excluding hydrogens is 214 g/mol. The third kappa shape index (κ3) is 2.91. The van der Waals surface area contributed by atoms with Gasteiger partial charge >= 0.3 is 0 Å². The Bertz CT molecular complexity index is 494. The summed E-state index contributed by atoms with van der Waals surface area (Å²) in [6, 6.07) is 14.2. The first-order valence-electron chi connectivity index (χ1n) is 5.49. The number of hydrogen-bond acceptors (Lipinski definition) is 3. The number of phenols is 2. The van der Waals surface area contributed by atoms with Crippen molar-refractivity contribution in [1.29, 1.82) is 0 Å². The van der Waals surface area contributed by atoms with E-state index < -0.39 is 0 Å². The van der Waals surface area contributed by atoms with Crippen LogP contribution in [0.2, 0.25) is 0 Å². The van der Waals surface area contributed by atoms with Gasteiger partial charge in [-0.05, 0) is 36.8 Å². The average Bonchev–Trinajstić information content (AvgIpc) is 2.29. The third-order valence-electron chi connectivity index (χ3n) is 2.62. The molecule has 0 heterocycles. The molecule has 0 amide bonds. The SMILES string of the molecule is CC(Nc1cccc(O)c1)c1ccc(O)cc1. The van der Waals surface area contributed by atoms with Crippen LogP contribution >= 0.6 is 0 Å². The van der Waals surface area contributed by atoms with Gasteiger partial charge in [-0.15, -0.1) is 0 Å². The molecule has 3 N–H and O–H groups in total. The number of phenolic OH excluding ortho intramolecular Hbond substituents is 2. The quantitative estimate of drug-likeness (QED) is 0.757. The van der Waals surface area contributed by atoms with Gasteiger partial charge in [-0.25, -0.2) is 0 Å². The van der Waals surface area contributed by atoms with Gasteiger partial charge in [-0.2, -0.15) is 0 Å². The molecule has 2 rings (SSSR count). The standard InChI is InChI=1S/C14H15NO2/c1-10(11-5-7-13(16)8-6-11)15-12-3-2-4-14(17)9-12/h2-10,15-17H,1H3. The molecule has 0 aliphatic carbocycles. The molecule has 0 aliphatic heterocycles. The fraction of sp³-hybridized carbons (Fsp3) is 0.143. The van der Waals surface area contributed by atoms with Crippen LogP contribution in [0, 0.1) is 0 Å². The third-order valence-corrected chi connectivity index (χ3v) is 2.62. The Balaban J connectivity index is 2.11. The molecule has 0 fully saturated rings. The first-order chi connectivity index (χ1) is 8.15. The number of benzene rings is 2. The van der Waals surface area contributed by atoms with E-state index in [0.717, 1.165) is 11.3 Å². The Morgan fingerprint density at radius 1 is 0.941 bits per heavy atom. The minimum Gasteiger partial charge on any atom is -0.508 e. The molecule has 0 saturated heterocycles. The van der Waals surface area contributed by atoms with Gasteiger partial charge in [0.2, 0.25) is 0 Å². The molecule has 1 unspecified atom stereocenters. The van der Waals surface area contributed by atoms with E-state index in [9.17, 15) is 10.2 Å². The number of hydrogen-bond donors (Lipinski definition) is 3. The van der Waals surface area contributed by atoms with Crippen LogP contribution in [0.1, 0.15) is 18.5 Å². The Morgan fingerprint density at radius 2 is 1.65 bits per heavy atom. The normalized spacial score (nSPS) is 12.1. The minimum absolute atomic E-state index is 0.109. The van der Waals surface area contributed by atoms with Gasteiger partial charge in [0.15, 0.2) is 0 Å². The zero-order valence-electron chi connectivity index (χ0n) is 9.59. The van der Waals surface area contributed by atoms with Crippen LogP contribution in [0.4, 0.5) is 5.69 Å². The first-order valence-corrected chi connectivity index (χ1v) is 5.49. The summed E-state index contributed by atoms with van der Waals surface area (Å²) in [7, 11) is 0. The van der Waals surface area contributed by atoms with E-state index in [2.05, 4.69) is 5.32 Å². The van der Waals surface area contributed by atoms with Crippen LogP contribution in [0.3, 0.4) is 0 Å². The molecule has 17 heavy (non-hydrogen) atoms. The second kappa shape index (κ2) is 4.78. The largest absolute Gasteiger partial charge is 0.508 e. The van der Waals surface area contributed by atoms with E-state index in [1.54, 1.807) is 30.3 Å². The Hall–Kier alpha value is -2.16. The van der Waals surface area contributed by atoms with Gasteiger partial charge in [-0.3, -0.25) is 0 Å². The van der Waals surface area contributed by atoms with Crippen molar-refractivity contribution in [2.75, 3.05) is 5.32 Å². The lowest BCUT2D eigenvalue weighted by atomic mass is 10.1. The number of rotatable bonds is 3. The minimum atomic E-state index is 0.109. The maximum Gasteiger partial charge on any atom is 0.117 e. The van der Waals surface area contributed by atoms with Gasteiger partial charge in [0, 0.05) is 17.8 Å². The Labute approximate surface area is 100 Å². The summed E-state index contributed by atoms with van der Waals surface area (Å²) < 4.78 is 0. The van der Waals surface area contributed by atoms with E-state index in [0.29, 0.717) is 0 Å². The van der Waals surface area contributed by atoms with Crippen molar-refractivity contribution in [3.63, 3.8) is 0 Å². The maximum atomic E-state index is 9.36. The molecule has 0 radical (unpaired) electrons. The molecular formula is C14H15NO2. The molecule has 0 saturated carbocycles. The van der Waals surface area contributed by atoms with Crippen LogP contribution in [0.25, 0.3) is 0 Å². The van der Waals surface area contributed by atoms with Crippen molar-refractivity contribution in [1.82, 2.24) is 0 Å². The first kappa shape index (κ1) is 11.3. The highest BCUT2D eigenvalue weighted by Crippen LogP contribution is 2.23. The number of nitrogens with one attached hydrogen (secondary N) is 1. The van der Waals surface area contributed by atoms with E-state index >= 15 is 0 Å². The monoisotopic (exact) mass is 229 g/mol. The van der Waals surface area contributed by atoms with Crippen molar-refractivity contribution in [3.8, 4) is 11.5 Å². The molecule has 0 spiro atoms. The molecule has 0 bridgehead atoms. The van der Waals surface area contributed by atoms with Crippen LogP contribution < -0.4 is 5.32 Å². The van der Waals surface area contributed by atoms with Gasteiger partial charge in [0.1, 0.15) is 11.5 Å². The predicted molar refractivity (Wildman–Crippen MR) is 68.3 cm³/mol. The predicted octanol–water partition coefficient (Wildman–Crippen LogP) is 3.27. The summed E-state index contributed by atoms with van der Waals surface area (Å²) in [6.45, 7) is 2.02. The summed E-state index contributed by atoms with van der Waals surface area (Å²) in [6.07, 6.45) is 0. The van der Waals surface area contributed by atoms with Crippen LogP contribution in [0.5, 0.6) is 11.5 Å². The molecule has 0 aromatic heterocycles. The van der Waals surface area contributed by atoms with E-state index in [-0.39, 0.29) is 17.5 Å². The van der Waals surface area contributed by atoms with E-state index in [1.165, 1.54) is 0 Å². The zero-order valence-corrected chi connectivity index (χ0v) is 9.59. The highest BCUT2D eigenvalue weighted by molar-refractivity contribution is 5.49. The van der Waals surface area contributed by atoms with Crippen molar-refractivity contribution in [2.24, 2.45) is 0 Å². The number of anilines is 1. The zero-order chi connectivity index (χ0) is 12.3. The fourth-order valence-corrected chi connectivity index (χ4v) is 1.69. The van der Waals surface area contributed by atoms with Gasteiger partial charge in [0.05, 0.1) is 0 Å². The van der Waals surface area contributed by atoms with Crippen LogP contribution in [-0.4, -0.2) is 10.2 Å². The van der Waals surface area contributed by atoms with Crippen LogP contribution in [-0.2, 0) is 0 Å². The van der Waals surface area contributed by atoms with Crippen molar-refractivity contribution >= 4 is 5.69 Å². The summed E-state index contributed by atoms with van der Waals surface area (Å²) in [5, 5.41) is 21.8. The maximum absolute atomic E-state index is 9.36. The Morgan fingerprint density at radius 3 is 2.29 bits per heavy atom. The van der Waals surface area contributed by atoms with Crippen molar-refractivity contribution in [2.45, 2.75) is 13.0 Å². The summed E-state index contributed by atoms with van der Waals surface area (Å²) in [5.41, 5.74) is 1.94. The summed E-state index contributed by atoms with van der Waals surface area (Å²) in [4.78, 5) is 0. The smallest absolute Gasteiger partial charge is 0.117 e. The second-order valence-corrected chi connectivity index (χ2v) is 4.01. The lowest BCUT2D eigenvalue weighted by Gasteiger charge is -2.15.